The second-order valence-electron chi connectivity index (χ2n) is 19.5. The first-order chi connectivity index (χ1) is 37.8. The van der Waals surface area contributed by atoms with E-state index in [0.717, 1.165) is 109 Å². The van der Waals surface area contributed by atoms with E-state index in [1.54, 1.807) is 0 Å². The lowest BCUT2D eigenvalue weighted by atomic mass is 10.0. The van der Waals surface area contributed by atoms with Crippen LogP contribution in [-0.2, 0) is 32.7 Å². The summed E-state index contributed by atoms with van der Waals surface area (Å²) in [5, 5.41) is 0. The summed E-state index contributed by atoms with van der Waals surface area (Å²) in [6.45, 7) is 3.46. The number of esters is 2. The number of hydrogen-bond donors (Lipinski definition) is 2. The lowest BCUT2D eigenvalue weighted by Crippen LogP contribution is -2.29. The summed E-state index contributed by atoms with van der Waals surface area (Å²) in [6.07, 6.45) is 87.7. The smallest absolute Gasteiger partial charge is 0.462 e. The SMILES string of the molecule is CC/C=C\C/C=C\C/C=C\C/C=C\C/C=C\C/C=C\CCCCCCCCCCCCCCCCCCC(=O)OC(COC(=O)CCCC/C=C\C/C=C\C/C=C\C/C=C\C/C=C\C/C=C\CC)COP(=O)(O)OCCN. The Balaban J connectivity index is 3.99. The number of nitrogens with two attached hydrogens (primary N) is 1. The van der Waals surface area contributed by atoms with E-state index in [9.17, 15) is 19.0 Å². The summed E-state index contributed by atoms with van der Waals surface area (Å²) in [4.78, 5) is 35.2. The van der Waals surface area contributed by atoms with Crippen molar-refractivity contribution in [2.24, 2.45) is 5.73 Å². The number of allylic oxidation sites excluding steroid dienone is 24. The summed E-state index contributed by atoms with van der Waals surface area (Å²) in [5.74, 6) is -0.885. The van der Waals surface area contributed by atoms with Crippen molar-refractivity contribution >= 4 is 19.8 Å². The third-order valence-electron chi connectivity index (χ3n) is 12.2. The molecule has 0 rings (SSSR count). The summed E-state index contributed by atoms with van der Waals surface area (Å²) in [6, 6.07) is 0. The lowest BCUT2D eigenvalue weighted by Gasteiger charge is -2.19. The van der Waals surface area contributed by atoms with Gasteiger partial charge < -0.3 is 20.1 Å². The van der Waals surface area contributed by atoms with Gasteiger partial charge in [-0.25, -0.2) is 4.57 Å². The summed E-state index contributed by atoms with van der Waals surface area (Å²) in [7, 11) is -4.41. The number of hydrogen-bond acceptors (Lipinski definition) is 8. The van der Waals surface area contributed by atoms with Gasteiger partial charge in [-0.2, -0.15) is 0 Å². The molecule has 0 saturated carbocycles. The molecule has 0 aromatic rings. The zero-order chi connectivity index (χ0) is 55.9. The zero-order valence-electron chi connectivity index (χ0n) is 48.6. The minimum Gasteiger partial charge on any atom is -0.462 e. The van der Waals surface area contributed by atoms with Crippen LogP contribution in [-0.4, -0.2) is 49.3 Å². The van der Waals surface area contributed by atoms with Crippen molar-refractivity contribution in [2.45, 2.75) is 238 Å². The van der Waals surface area contributed by atoms with Gasteiger partial charge >= 0.3 is 19.8 Å². The fraction of sp³-hybridized carbons (Fsp3) is 0.612. The first-order valence-electron chi connectivity index (χ1n) is 30.3. The van der Waals surface area contributed by atoms with Gasteiger partial charge in [-0.1, -0.05) is 250 Å². The van der Waals surface area contributed by atoms with Crippen molar-refractivity contribution in [3.63, 3.8) is 0 Å². The quantitative estimate of drug-likeness (QED) is 0.0264. The molecule has 2 atom stereocenters. The van der Waals surface area contributed by atoms with E-state index in [1.807, 2.05) is 0 Å². The average molecular weight is 1090 g/mol. The standard InChI is InChI=1S/C67H110NO8P/c1-3-5-7-9-11-13-15-17-19-21-23-25-26-27-28-29-30-31-32-33-34-35-36-37-38-40-42-44-46-48-50-52-54-56-58-60-67(70)76-65(64-75-77(71,72)74-62-61-68)63-73-66(69)59-57-55-53-51-49-47-45-43-41-39-24-22-20-18-16-14-12-10-8-6-4-2/h5-8,11-14,17-20,23-25,27-28,30-31,39,43,45,49,51,65H,3-4,9-10,15-16,21-22,26,29,32-38,40-42,44,46-48,50,52-64,68H2,1-2H3,(H,71,72)/b7-5-,8-6-,13-11-,14-12-,19-17-,20-18-,25-23-,28-27-,31-30-,39-24-,45-43-,51-49-. The second kappa shape index (κ2) is 61.1. The van der Waals surface area contributed by atoms with Crippen LogP contribution in [0.25, 0.3) is 0 Å². The summed E-state index contributed by atoms with van der Waals surface area (Å²) in [5.41, 5.74) is 5.38. The maximum Gasteiger partial charge on any atom is 0.472 e. The monoisotopic (exact) mass is 1090 g/mol. The molecule has 77 heavy (non-hydrogen) atoms. The van der Waals surface area contributed by atoms with Gasteiger partial charge in [-0.05, 0) is 116 Å². The normalized spacial score (nSPS) is 14.1. The molecule has 3 N–H and O–H groups in total. The highest BCUT2D eigenvalue weighted by Gasteiger charge is 2.26. The Morgan fingerprint density at radius 3 is 1.03 bits per heavy atom. The lowest BCUT2D eigenvalue weighted by molar-refractivity contribution is -0.161. The molecule has 9 nitrogen and oxygen atoms in total. The van der Waals surface area contributed by atoms with Crippen LogP contribution < -0.4 is 5.73 Å². The van der Waals surface area contributed by atoms with Gasteiger partial charge in [0.05, 0.1) is 13.2 Å². The Morgan fingerprint density at radius 2 is 0.675 bits per heavy atom. The van der Waals surface area contributed by atoms with E-state index in [0.29, 0.717) is 12.8 Å². The van der Waals surface area contributed by atoms with E-state index < -0.39 is 32.5 Å². The maximum absolute atomic E-state index is 12.7. The van der Waals surface area contributed by atoms with Crippen molar-refractivity contribution in [3.8, 4) is 0 Å². The predicted molar refractivity (Wildman–Crippen MR) is 330 cm³/mol. The highest BCUT2D eigenvalue weighted by atomic mass is 31.2. The Morgan fingerprint density at radius 1 is 0.390 bits per heavy atom. The number of phosphoric acid groups is 1. The fourth-order valence-corrected chi connectivity index (χ4v) is 8.58. The molecule has 2 unspecified atom stereocenters. The van der Waals surface area contributed by atoms with E-state index in [1.165, 1.54) is 83.5 Å². The van der Waals surface area contributed by atoms with Gasteiger partial charge in [0.25, 0.3) is 0 Å². The second-order valence-corrected chi connectivity index (χ2v) is 20.9. The number of unbranched alkanes of at least 4 members (excludes halogenated alkanes) is 18. The number of rotatable bonds is 55. The van der Waals surface area contributed by atoms with Gasteiger partial charge in [0, 0.05) is 19.4 Å². The molecule has 0 bridgehead atoms. The molecular formula is C67H110NO8P. The van der Waals surface area contributed by atoms with Crippen LogP contribution in [0.4, 0.5) is 0 Å². The van der Waals surface area contributed by atoms with Crippen molar-refractivity contribution in [3.05, 3.63) is 146 Å². The fourth-order valence-electron chi connectivity index (χ4n) is 7.82. The largest absolute Gasteiger partial charge is 0.472 e. The van der Waals surface area contributed by atoms with Gasteiger partial charge in [-0.3, -0.25) is 18.6 Å². The van der Waals surface area contributed by atoms with Gasteiger partial charge in [-0.15, -0.1) is 0 Å². The molecule has 10 heteroatoms. The van der Waals surface area contributed by atoms with Crippen LogP contribution in [0.15, 0.2) is 146 Å². The highest BCUT2D eigenvalue weighted by molar-refractivity contribution is 7.47. The molecular weight excluding hydrogens is 978 g/mol. The van der Waals surface area contributed by atoms with Crippen LogP contribution in [0.5, 0.6) is 0 Å². The van der Waals surface area contributed by atoms with Crippen molar-refractivity contribution < 1.29 is 37.6 Å². The highest BCUT2D eigenvalue weighted by Crippen LogP contribution is 2.43. The van der Waals surface area contributed by atoms with Crippen LogP contribution in [0.2, 0.25) is 0 Å². The molecule has 0 spiro atoms. The van der Waals surface area contributed by atoms with E-state index in [4.69, 9.17) is 24.3 Å². The first-order valence-corrected chi connectivity index (χ1v) is 31.8. The molecule has 0 amide bonds. The Hall–Kier alpha value is -4.11. The number of carbonyl (C=O) groups excluding carboxylic acids is 2. The van der Waals surface area contributed by atoms with E-state index in [2.05, 4.69) is 160 Å². The van der Waals surface area contributed by atoms with E-state index in [-0.39, 0.29) is 32.6 Å². The van der Waals surface area contributed by atoms with Crippen LogP contribution in [0.3, 0.4) is 0 Å². The Kier molecular flexibility index (Phi) is 57.8. The molecule has 0 radical (unpaired) electrons. The molecule has 436 valence electrons. The molecule has 0 aliphatic rings. The average Bonchev–Trinajstić information content (AvgIpc) is 3.42. The van der Waals surface area contributed by atoms with E-state index >= 15 is 0 Å². The van der Waals surface area contributed by atoms with Gasteiger partial charge in [0.15, 0.2) is 6.10 Å². The van der Waals surface area contributed by atoms with Crippen molar-refractivity contribution in [1.29, 1.82) is 0 Å². The Labute approximate surface area is 471 Å². The van der Waals surface area contributed by atoms with Crippen molar-refractivity contribution in [1.82, 2.24) is 0 Å². The minimum absolute atomic E-state index is 0.0405. The van der Waals surface area contributed by atoms with Crippen molar-refractivity contribution in [2.75, 3.05) is 26.4 Å². The maximum atomic E-state index is 12.7. The van der Waals surface area contributed by atoms with Gasteiger partial charge in [0.1, 0.15) is 6.61 Å². The number of phosphoric ester groups is 1. The molecule has 0 aliphatic heterocycles. The molecule has 0 saturated heterocycles. The molecule has 0 aliphatic carbocycles. The zero-order valence-corrected chi connectivity index (χ0v) is 49.5. The van der Waals surface area contributed by atoms with Gasteiger partial charge in [0.2, 0.25) is 0 Å². The number of ether oxygens (including phenoxy) is 2. The predicted octanol–water partition coefficient (Wildman–Crippen LogP) is 19.5. The third-order valence-corrected chi connectivity index (χ3v) is 13.2. The topological polar surface area (TPSA) is 134 Å². The molecule has 0 aromatic heterocycles. The molecule has 0 fully saturated rings. The Bertz CT molecular complexity index is 1770. The van der Waals surface area contributed by atoms with Crippen LogP contribution in [0.1, 0.15) is 232 Å². The molecule has 0 heterocycles. The minimum atomic E-state index is -4.41. The summed E-state index contributed by atoms with van der Waals surface area (Å²) >= 11 is 0. The van der Waals surface area contributed by atoms with Crippen LogP contribution >= 0.6 is 7.82 Å². The molecule has 0 aromatic carbocycles. The third kappa shape index (κ3) is 61.0. The van der Waals surface area contributed by atoms with Crippen LogP contribution in [0, 0.1) is 0 Å². The summed E-state index contributed by atoms with van der Waals surface area (Å²) < 4.78 is 33.0. The first kappa shape index (κ1) is 72.9. The number of carbonyl (C=O) groups is 2.